The van der Waals surface area contributed by atoms with Crippen molar-refractivity contribution < 1.29 is 9.57 Å². The molecule has 0 aliphatic heterocycles. The summed E-state index contributed by atoms with van der Waals surface area (Å²) >= 11 is 0. The van der Waals surface area contributed by atoms with Crippen LogP contribution in [0.5, 0.6) is 5.75 Å². The molecule has 33 heavy (non-hydrogen) atoms. The monoisotopic (exact) mass is 449 g/mol. The largest absolute Gasteiger partial charge is 0.489 e. The molecule has 4 rings (SSSR count). The van der Waals surface area contributed by atoms with Crippen LogP contribution >= 0.6 is 0 Å². The lowest BCUT2D eigenvalue weighted by Gasteiger charge is -2.17. The van der Waals surface area contributed by atoms with Gasteiger partial charge in [-0.2, -0.15) is 9.36 Å². The number of aryl methyl sites for hydroxylation is 2. The van der Waals surface area contributed by atoms with Crippen molar-refractivity contribution in [2.24, 2.45) is 12.2 Å². The first kappa shape index (κ1) is 22.8. The predicted molar refractivity (Wildman–Crippen MR) is 127 cm³/mol. The van der Waals surface area contributed by atoms with E-state index in [0.29, 0.717) is 18.2 Å². The average Bonchev–Trinajstić information content (AvgIpc) is 3.56. The van der Waals surface area contributed by atoms with Gasteiger partial charge in [0, 0.05) is 12.6 Å². The third kappa shape index (κ3) is 5.16. The fraction of sp³-hybridized carbons (Fsp3) is 0.440. The topological polar surface area (TPSA) is 83.5 Å². The Morgan fingerprint density at radius 2 is 1.94 bits per heavy atom. The Kier molecular flexibility index (Phi) is 6.10. The molecule has 1 aliphatic carbocycles. The van der Waals surface area contributed by atoms with Crippen LogP contribution in [0.4, 0.5) is 0 Å². The summed E-state index contributed by atoms with van der Waals surface area (Å²) in [4.78, 5) is 18.0. The molecule has 0 N–H and O–H groups in total. The van der Waals surface area contributed by atoms with E-state index >= 15 is 0 Å². The van der Waals surface area contributed by atoms with E-state index in [1.165, 1.54) is 14.9 Å². The maximum absolute atomic E-state index is 12.5. The van der Waals surface area contributed by atoms with Gasteiger partial charge in [-0.15, -0.1) is 0 Å². The fourth-order valence-electron chi connectivity index (χ4n) is 3.63. The number of oxime groups is 1. The summed E-state index contributed by atoms with van der Waals surface area (Å²) in [7, 11) is 1.59. The summed E-state index contributed by atoms with van der Waals surface area (Å²) in [5.41, 5.74) is 5.07. The molecule has 0 radical (unpaired) electrons. The van der Waals surface area contributed by atoms with E-state index in [1.807, 2.05) is 65.0 Å². The summed E-state index contributed by atoms with van der Waals surface area (Å²) < 4.78 is 8.83. The molecular formula is C25H31N5O3. The van der Waals surface area contributed by atoms with Crippen LogP contribution in [0.3, 0.4) is 0 Å². The number of nitrogens with zero attached hydrogens (tertiary/aromatic N) is 5. The van der Waals surface area contributed by atoms with Gasteiger partial charge in [0.05, 0.1) is 11.4 Å². The zero-order valence-corrected chi connectivity index (χ0v) is 20.1. The molecule has 0 atom stereocenters. The van der Waals surface area contributed by atoms with Crippen molar-refractivity contribution in [1.82, 2.24) is 19.8 Å². The SMILES string of the molecule is C/C(=N/OC(C)(C)C)c1ccc(OCc2c(C3CC3)cccc2-n2nnn(C)c2=O)c(C)c1. The van der Waals surface area contributed by atoms with Crippen molar-refractivity contribution in [3.05, 3.63) is 69.1 Å². The molecule has 1 aliphatic rings. The Morgan fingerprint density at radius 1 is 1.18 bits per heavy atom. The highest BCUT2D eigenvalue weighted by atomic mass is 16.6. The number of rotatable bonds is 7. The molecule has 2 aromatic carbocycles. The van der Waals surface area contributed by atoms with Crippen LogP contribution in [0.2, 0.25) is 0 Å². The Labute approximate surface area is 193 Å². The molecular weight excluding hydrogens is 418 g/mol. The normalized spacial score (nSPS) is 14.4. The van der Waals surface area contributed by atoms with Crippen LogP contribution in [0.25, 0.3) is 5.69 Å². The van der Waals surface area contributed by atoms with Gasteiger partial charge in [-0.3, -0.25) is 0 Å². The minimum Gasteiger partial charge on any atom is -0.489 e. The lowest BCUT2D eigenvalue weighted by atomic mass is 10.0. The van der Waals surface area contributed by atoms with Crippen LogP contribution in [0, 0.1) is 6.92 Å². The van der Waals surface area contributed by atoms with E-state index in [2.05, 4.69) is 21.6 Å². The summed E-state index contributed by atoms with van der Waals surface area (Å²) in [5.74, 6) is 1.28. The van der Waals surface area contributed by atoms with Gasteiger partial charge in [-0.05, 0) is 105 Å². The maximum atomic E-state index is 12.5. The van der Waals surface area contributed by atoms with E-state index in [-0.39, 0.29) is 11.3 Å². The average molecular weight is 450 g/mol. The summed E-state index contributed by atoms with van der Waals surface area (Å²) in [6.45, 7) is 10.2. The molecule has 0 saturated heterocycles. The Hall–Kier alpha value is -3.42. The van der Waals surface area contributed by atoms with Gasteiger partial charge in [0.1, 0.15) is 18.0 Å². The van der Waals surface area contributed by atoms with E-state index in [9.17, 15) is 4.79 Å². The zero-order chi connectivity index (χ0) is 23.8. The van der Waals surface area contributed by atoms with Crippen LogP contribution in [0.1, 0.15) is 68.7 Å². The van der Waals surface area contributed by atoms with E-state index in [1.54, 1.807) is 7.05 Å². The van der Waals surface area contributed by atoms with Crippen molar-refractivity contribution in [3.8, 4) is 11.4 Å². The van der Waals surface area contributed by atoms with Crippen LogP contribution in [-0.2, 0) is 18.5 Å². The lowest BCUT2D eigenvalue weighted by Crippen LogP contribution is -2.23. The van der Waals surface area contributed by atoms with E-state index in [4.69, 9.17) is 9.57 Å². The number of aromatic nitrogens is 4. The molecule has 1 fully saturated rings. The fourth-order valence-corrected chi connectivity index (χ4v) is 3.63. The van der Waals surface area contributed by atoms with Crippen LogP contribution in [0.15, 0.2) is 46.3 Å². The minimum atomic E-state index is -0.336. The van der Waals surface area contributed by atoms with Crippen molar-refractivity contribution in [2.75, 3.05) is 0 Å². The van der Waals surface area contributed by atoms with Gasteiger partial charge < -0.3 is 9.57 Å². The molecule has 0 unspecified atom stereocenters. The summed E-state index contributed by atoms with van der Waals surface area (Å²) in [6, 6.07) is 12.0. The van der Waals surface area contributed by atoms with Crippen molar-refractivity contribution in [1.29, 1.82) is 0 Å². The first-order valence-electron chi connectivity index (χ1n) is 11.2. The number of tetrazole rings is 1. The molecule has 1 aromatic heterocycles. The second kappa shape index (κ2) is 8.84. The number of hydrogen-bond acceptors (Lipinski definition) is 6. The minimum absolute atomic E-state index is 0.281. The van der Waals surface area contributed by atoms with Crippen molar-refractivity contribution >= 4 is 5.71 Å². The molecule has 8 nitrogen and oxygen atoms in total. The van der Waals surface area contributed by atoms with Gasteiger partial charge in [-0.25, -0.2) is 4.79 Å². The molecule has 0 spiro atoms. The Balaban J connectivity index is 1.60. The smallest absolute Gasteiger partial charge is 0.368 e. The van der Waals surface area contributed by atoms with Crippen LogP contribution in [-0.4, -0.2) is 31.1 Å². The number of benzene rings is 2. The highest BCUT2D eigenvalue weighted by Gasteiger charge is 2.28. The molecule has 1 saturated carbocycles. The predicted octanol–water partition coefficient (Wildman–Crippen LogP) is 4.27. The Bertz CT molecular complexity index is 1250. The standard InChI is InChI=1S/C25H31N5O3/c1-16-14-19(17(2)26-33-25(3,4)5)12-13-23(16)32-15-21-20(18-10-11-18)8-7-9-22(21)30-24(31)29(6)27-28-30/h7-9,12-14,18H,10-11,15H2,1-6H3/b26-17-. The number of hydrogen-bond donors (Lipinski definition) is 0. The summed E-state index contributed by atoms with van der Waals surface area (Å²) in [5, 5.41) is 12.2. The quantitative estimate of drug-likeness (QED) is 0.397. The van der Waals surface area contributed by atoms with Crippen LogP contribution < -0.4 is 10.4 Å². The van der Waals surface area contributed by atoms with Gasteiger partial charge in [0.15, 0.2) is 0 Å². The van der Waals surface area contributed by atoms with Gasteiger partial charge >= 0.3 is 5.69 Å². The number of ether oxygens (including phenoxy) is 1. The third-order valence-electron chi connectivity index (χ3n) is 5.58. The molecule has 1 heterocycles. The second-order valence-corrected chi connectivity index (χ2v) is 9.57. The highest BCUT2D eigenvalue weighted by molar-refractivity contribution is 5.98. The molecule has 174 valence electrons. The first-order valence-corrected chi connectivity index (χ1v) is 11.2. The molecule has 3 aromatic rings. The zero-order valence-electron chi connectivity index (χ0n) is 20.1. The van der Waals surface area contributed by atoms with Gasteiger partial charge in [0.25, 0.3) is 0 Å². The second-order valence-electron chi connectivity index (χ2n) is 9.57. The van der Waals surface area contributed by atoms with Gasteiger partial charge in [-0.1, -0.05) is 17.3 Å². The first-order chi connectivity index (χ1) is 15.6. The van der Waals surface area contributed by atoms with E-state index < -0.39 is 0 Å². The molecule has 8 heteroatoms. The molecule has 0 bridgehead atoms. The maximum Gasteiger partial charge on any atom is 0.368 e. The van der Waals surface area contributed by atoms with Crippen molar-refractivity contribution in [2.45, 2.75) is 65.6 Å². The van der Waals surface area contributed by atoms with Crippen molar-refractivity contribution in [3.63, 3.8) is 0 Å². The highest BCUT2D eigenvalue weighted by Crippen LogP contribution is 2.43. The lowest BCUT2D eigenvalue weighted by molar-refractivity contribution is 0.000954. The van der Waals surface area contributed by atoms with Gasteiger partial charge in [0.2, 0.25) is 0 Å². The van der Waals surface area contributed by atoms with E-state index in [0.717, 1.165) is 41.0 Å². The summed E-state index contributed by atoms with van der Waals surface area (Å²) in [6.07, 6.45) is 2.30. The Morgan fingerprint density at radius 3 is 2.55 bits per heavy atom. The third-order valence-corrected chi connectivity index (χ3v) is 5.58. The molecule has 0 amide bonds.